The van der Waals surface area contributed by atoms with Crippen molar-refractivity contribution < 1.29 is 22.7 Å². The number of alkyl halides is 3. The molecule has 7 nitrogen and oxygen atoms in total. The lowest BCUT2D eigenvalue weighted by Crippen LogP contribution is -2.28. The molecule has 0 bridgehead atoms. The summed E-state index contributed by atoms with van der Waals surface area (Å²) in [5, 5.41) is 17.6. The van der Waals surface area contributed by atoms with Crippen LogP contribution in [0.5, 0.6) is 0 Å². The van der Waals surface area contributed by atoms with Crippen LogP contribution in [0.15, 0.2) is 42.2 Å². The molecule has 2 N–H and O–H groups in total. The first-order chi connectivity index (χ1) is 13.3. The number of nitrogens with zero attached hydrogens (tertiary/aromatic N) is 3. The van der Waals surface area contributed by atoms with Gasteiger partial charge in [0.05, 0.1) is 0 Å². The van der Waals surface area contributed by atoms with E-state index in [0.717, 1.165) is 16.7 Å². The molecule has 3 aromatic rings. The normalized spacial score (nSPS) is 11.3. The molecule has 0 aliphatic rings. The molecule has 11 heteroatoms. The predicted molar refractivity (Wildman–Crippen MR) is 97.4 cm³/mol. The van der Waals surface area contributed by atoms with Gasteiger partial charge in [-0.3, -0.25) is 5.32 Å². The zero-order chi connectivity index (χ0) is 20.3. The van der Waals surface area contributed by atoms with Crippen LogP contribution in [0.1, 0.15) is 12.6 Å². The summed E-state index contributed by atoms with van der Waals surface area (Å²) >= 11 is 0.808. The molecule has 146 valence electrons. The van der Waals surface area contributed by atoms with Crippen molar-refractivity contribution in [2.45, 2.75) is 13.1 Å². The second kappa shape index (κ2) is 7.80. The van der Waals surface area contributed by atoms with Crippen molar-refractivity contribution in [3.63, 3.8) is 0 Å². The van der Waals surface area contributed by atoms with Crippen molar-refractivity contribution in [2.24, 2.45) is 0 Å². The molecule has 2 amide bonds. The van der Waals surface area contributed by atoms with Crippen LogP contribution < -0.4 is 15.4 Å². The lowest BCUT2D eigenvalue weighted by atomic mass is 10.0. The van der Waals surface area contributed by atoms with Crippen molar-refractivity contribution in [3.05, 3.63) is 53.1 Å². The maximum Gasteiger partial charge on any atom is 0.434 e. The fourth-order valence-corrected chi connectivity index (χ4v) is 3.25. The van der Waals surface area contributed by atoms with Gasteiger partial charge in [0.25, 0.3) is 0 Å². The number of thiazole rings is 1. The highest BCUT2D eigenvalue weighted by Crippen LogP contribution is 2.38. The van der Waals surface area contributed by atoms with Gasteiger partial charge in [0.2, 0.25) is 0 Å². The van der Waals surface area contributed by atoms with E-state index in [4.69, 9.17) is 0 Å². The van der Waals surface area contributed by atoms with E-state index in [1.165, 1.54) is 30.7 Å². The summed E-state index contributed by atoms with van der Waals surface area (Å²) in [6, 6.07) is 4.06. The van der Waals surface area contributed by atoms with E-state index in [0.29, 0.717) is 28.0 Å². The van der Waals surface area contributed by atoms with Crippen molar-refractivity contribution in [1.82, 2.24) is 15.3 Å². The highest BCUT2D eigenvalue weighted by atomic mass is 32.1. The van der Waals surface area contributed by atoms with Crippen LogP contribution in [0.25, 0.3) is 21.7 Å². The molecule has 0 aliphatic heterocycles. The van der Waals surface area contributed by atoms with Crippen molar-refractivity contribution in [1.29, 1.82) is 0 Å². The van der Waals surface area contributed by atoms with Gasteiger partial charge in [-0.15, -0.1) is 11.3 Å². The molecule has 3 heterocycles. The Morgan fingerprint density at radius 1 is 1.36 bits per heavy atom. The third kappa shape index (κ3) is 4.36. The highest BCUT2D eigenvalue weighted by molar-refractivity contribution is 7.13. The maximum atomic E-state index is 13.0. The molecule has 0 aliphatic carbocycles. The van der Waals surface area contributed by atoms with Gasteiger partial charge in [-0.25, -0.2) is 14.8 Å². The second-order valence-corrected chi connectivity index (χ2v) is 6.45. The van der Waals surface area contributed by atoms with Crippen LogP contribution in [-0.2, 0) is 6.18 Å². The molecule has 28 heavy (non-hydrogen) atoms. The summed E-state index contributed by atoms with van der Waals surface area (Å²) in [7, 11) is 0. The molecule has 0 radical (unpaired) electrons. The molecule has 0 aromatic carbocycles. The number of pyridine rings is 2. The van der Waals surface area contributed by atoms with Gasteiger partial charge in [0.15, 0.2) is 18.1 Å². The summed E-state index contributed by atoms with van der Waals surface area (Å²) < 4.78 is 39.4. The number of carbonyl (C=O) groups excluding carboxylic acids is 1. The van der Waals surface area contributed by atoms with E-state index in [9.17, 15) is 23.2 Å². The zero-order valence-electron chi connectivity index (χ0n) is 14.4. The molecule has 0 atom stereocenters. The molecular weight excluding hydrogens is 395 g/mol. The van der Waals surface area contributed by atoms with Crippen molar-refractivity contribution in [2.75, 3.05) is 11.9 Å². The third-order valence-corrected chi connectivity index (χ3v) is 4.47. The molecule has 0 unspecified atom stereocenters. The number of urea groups is 1. The van der Waals surface area contributed by atoms with Gasteiger partial charge < -0.3 is 10.5 Å². The zero-order valence-corrected chi connectivity index (χ0v) is 15.3. The minimum Gasteiger partial charge on any atom is -0.619 e. The van der Waals surface area contributed by atoms with Crippen LogP contribution in [0, 0.1) is 5.21 Å². The Balaban J connectivity index is 2.09. The molecular formula is C17H14F3N5O2S. The van der Waals surface area contributed by atoms with Crippen LogP contribution >= 0.6 is 11.3 Å². The first-order valence-electron chi connectivity index (χ1n) is 8.05. The monoisotopic (exact) mass is 409 g/mol. The number of halogens is 3. The van der Waals surface area contributed by atoms with E-state index in [1.807, 2.05) is 0 Å². The molecule has 0 saturated carbocycles. The van der Waals surface area contributed by atoms with Crippen LogP contribution in [0.3, 0.4) is 0 Å². The first-order valence-corrected chi connectivity index (χ1v) is 8.93. The minimum atomic E-state index is -4.57. The fraction of sp³-hybridized carbons (Fsp3) is 0.176. The molecule has 0 spiro atoms. The minimum absolute atomic E-state index is 0.0879. The van der Waals surface area contributed by atoms with Crippen molar-refractivity contribution >= 4 is 23.2 Å². The summed E-state index contributed by atoms with van der Waals surface area (Å²) in [5.74, 6) is 0.138. The van der Waals surface area contributed by atoms with Crippen LogP contribution in [0.4, 0.5) is 23.8 Å². The Kier molecular flexibility index (Phi) is 5.45. The summed E-state index contributed by atoms with van der Waals surface area (Å²) in [6.45, 7) is 2.13. The smallest absolute Gasteiger partial charge is 0.434 e. The standard InChI is InChI=1S/C17H14F3N5O2S/c1-2-21-16(26)24-14-6-11(15-23-13(9-28-15)17(18,19)20)12(7-22-14)10-4-3-5-25(27)8-10/h3-9H,2H2,1H3,(H2,21,22,24,26). The van der Waals surface area contributed by atoms with Gasteiger partial charge >= 0.3 is 12.2 Å². The molecule has 0 fully saturated rings. The van der Waals surface area contributed by atoms with Gasteiger partial charge in [0.1, 0.15) is 10.8 Å². The Labute approximate surface area is 161 Å². The average molecular weight is 409 g/mol. The Hall–Kier alpha value is -3.21. The lowest BCUT2D eigenvalue weighted by Gasteiger charge is -2.11. The van der Waals surface area contributed by atoms with E-state index < -0.39 is 17.9 Å². The van der Waals surface area contributed by atoms with E-state index >= 15 is 0 Å². The molecule has 0 saturated heterocycles. The maximum absolute atomic E-state index is 13.0. The average Bonchev–Trinajstić information content (AvgIpc) is 3.12. The predicted octanol–water partition coefficient (Wildman–Crippen LogP) is 3.67. The molecule has 3 aromatic heterocycles. The highest BCUT2D eigenvalue weighted by Gasteiger charge is 2.34. The summed E-state index contributed by atoms with van der Waals surface area (Å²) in [5.41, 5.74) is 0.164. The quantitative estimate of drug-likeness (QED) is 0.508. The number of aromatic nitrogens is 3. The topological polar surface area (TPSA) is 93.9 Å². The largest absolute Gasteiger partial charge is 0.619 e. The van der Waals surface area contributed by atoms with Gasteiger partial charge in [-0.2, -0.15) is 17.9 Å². The van der Waals surface area contributed by atoms with Gasteiger partial charge in [0, 0.05) is 40.9 Å². The van der Waals surface area contributed by atoms with E-state index in [2.05, 4.69) is 20.6 Å². The number of hydrogen-bond acceptors (Lipinski definition) is 5. The van der Waals surface area contributed by atoms with Gasteiger partial charge in [-0.05, 0) is 19.1 Å². The summed E-state index contributed by atoms with van der Waals surface area (Å²) in [4.78, 5) is 19.5. The second-order valence-electron chi connectivity index (χ2n) is 5.59. The fourth-order valence-electron chi connectivity index (χ4n) is 2.39. The van der Waals surface area contributed by atoms with E-state index in [1.54, 1.807) is 13.0 Å². The lowest BCUT2D eigenvalue weighted by molar-refractivity contribution is -0.604. The number of amides is 2. The Morgan fingerprint density at radius 2 is 2.14 bits per heavy atom. The SMILES string of the molecule is CCNC(=O)Nc1cc(-c2nc(C(F)(F)F)cs2)c(-c2ccc[n+]([O-])c2)cn1. The number of anilines is 1. The number of carbonyl (C=O) groups is 1. The first kappa shape index (κ1) is 19.5. The number of nitrogens with one attached hydrogen (secondary N) is 2. The number of rotatable bonds is 4. The van der Waals surface area contributed by atoms with Crippen molar-refractivity contribution in [3.8, 4) is 21.7 Å². The number of hydrogen-bond donors (Lipinski definition) is 2. The van der Waals surface area contributed by atoms with Crippen LogP contribution in [-0.4, -0.2) is 22.5 Å². The Bertz CT molecular complexity index is 1010. The van der Waals surface area contributed by atoms with Gasteiger partial charge in [-0.1, -0.05) is 0 Å². The van der Waals surface area contributed by atoms with Crippen LogP contribution in [0.2, 0.25) is 0 Å². The molecule has 3 rings (SSSR count). The Morgan fingerprint density at radius 3 is 2.79 bits per heavy atom. The third-order valence-electron chi connectivity index (χ3n) is 3.59. The van der Waals surface area contributed by atoms with E-state index in [-0.39, 0.29) is 10.8 Å². The summed E-state index contributed by atoms with van der Waals surface area (Å²) in [6.07, 6.45) is -0.641.